The molecule has 0 unspecified atom stereocenters. The summed E-state index contributed by atoms with van der Waals surface area (Å²) in [5, 5.41) is 1.47. The third-order valence-electron chi connectivity index (χ3n) is 1.26. The van der Waals surface area contributed by atoms with Crippen LogP contribution in [0.25, 0.3) is 0 Å². The number of hydrogen-bond acceptors (Lipinski definition) is 4. The fourth-order valence-electron chi connectivity index (χ4n) is 0.906. The van der Waals surface area contributed by atoms with Crippen molar-refractivity contribution < 1.29 is 9.53 Å². The van der Waals surface area contributed by atoms with Crippen molar-refractivity contribution in [3.63, 3.8) is 0 Å². The fraction of sp³-hybridized carbons (Fsp3) is 0.889. The zero-order valence-corrected chi connectivity index (χ0v) is 8.96. The normalized spacial score (nSPS) is 11.8. The molecule has 0 saturated heterocycles. The summed E-state index contributed by atoms with van der Waals surface area (Å²) < 4.78 is 5.09. The minimum Gasteiger partial charge on any atom is -0.459 e. The lowest BCUT2D eigenvalue weighted by molar-refractivity contribution is -0.156. The summed E-state index contributed by atoms with van der Waals surface area (Å²) in [6, 6.07) is 0. The zero-order valence-electron chi connectivity index (χ0n) is 8.96. The summed E-state index contributed by atoms with van der Waals surface area (Å²) in [5.74, 6) is 5.26. The van der Waals surface area contributed by atoms with Gasteiger partial charge in [-0.25, -0.2) is 5.01 Å². The van der Waals surface area contributed by atoms with Crippen molar-refractivity contribution in [3.05, 3.63) is 0 Å². The van der Waals surface area contributed by atoms with Crippen molar-refractivity contribution in [1.82, 2.24) is 5.01 Å². The Morgan fingerprint density at radius 3 is 2.38 bits per heavy atom. The molecule has 4 heteroatoms. The highest BCUT2D eigenvalue weighted by Gasteiger charge is 2.17. The fourth-order valence-corrected chi connectivity index (χ4v) is 0.906. The van der Waals surface area contributed by atoms with Crippen molar-refractivity contribution in [3.8, 4) is 0 Å². The quantitative estimate of drug-likeness (QED) is 0.405. The third kappa shape index (κ3) is 7.74. The lowest BCUT2D eigenvalue weighted by Crippen LogP contribution is -2.39. The van der Waals surface area contributed by atoms with Gasteiger partial charge in [0.05, 0.1) is 0 Å². The second-order valence-corrected chi connectivity index (χ2v) is 4.06. The minimum atomic E-state index is -0.426. The summed E-state index contributed by atoms with van der Waals surface area (Å²) in [4.78, 5) is 11.2. The van der Waals surface area contributed by atoms with E-state index in [4.69, 9.17) is 10.6 Å². The topological polar surface area (TPSA) is 55.6 Å². The van der Waals surface area contributed by atoms with Gasteiger partial charge in [0, 0.05) is 6.54 Å². The Hall–Kier alpha value is -0.610. The van der Waals surface area contributed by atoms with Crippen LogP contribution in [0.2, 0.25) is 0 Å². The maximum atomic E-state index is 11.2. The van der Waals surface area contributed by atoms with Gasteiger partial charge in [-0.05, 0) is 27.2 Å². The molecule has 4 nitrogen and oxygen atoms in total. The number of nitrogens with two attached hydrogens (primary N) is 1. The molecule has 0 radical (unpaired) electrons. The molecule has 0 fully saturated rings. The van der Waals surface area contributed by atoms with Gasteiger partial charge in [-0.15, -0.1) is 0 Å². The lowest BCUT2D eigenvalue weighted by Gasteiger charge is -2.21. The molecule has 0 heterocycles. The maximum absolute atomic E-state index is 11.2. The molecule has 0 aliphatic carbocycles. The molecule has 78 valence electrons. The number of rotatable bonds is 4. The average molecular weight is 188 g/mol. The van der Waals surface area contributed by atoms with Crippen LogP contribution in [0.5, 0.6) is 0 Å². The Morgan fingerprint density at radius 2 is 2.00 bits per heavy atom. The monoisotopic (exact) mass is 188 g/mol. The molecule has 0 aromatic rings. The van der Waals surface area contributed by atoms with Crippen molar-refractivity contribution in [2.45, 2.75) is 39.7 Å². The van der Waals surface area contributed by atoms with E-state index in [0.717, 1.165) is 6.42 Å². The van der Waals surface area contributed by atoms with Crippen molar-refractivity contribution in [2.24, 2.45) is 5.84 Å². The maximum Gasteiger partial charge on any atom is 0.322 e. The minimum absolute atomic E-state index is 0.158. The number of carbonyl (C=O) groups excluding carboxylic acids is 1. The van der Waals surface area contributed by atoms with Crippen LogP contribution in [-0.4, -0.2) is 29.7 Å². The molecular weight excluding hydrogens is 168 g/mol. The van der Waals surface area contributed by atoms with Crippen LogP contribution in [-0.2, 0) is 9.53 Å². The highest BCUT2D eigenvalue weighted by atomic mass is 16.6. The standard InChI is InChI=1S/C9H20N2O2/c1-5-6-11(10)7-8(12)13-9(2,3)4/h5-7,10H2,1-4H3. The Balaban J connectivity index is 3.74. The molecule has 0 bridgehead atoms. The van der Waals surface area contributed by atoms with Gasteiger partial charge in [-0.3, -0.25) is 10.6 Å². The van der Waals surface area contributed by atoms with Crippen molar-refractivity contribution in [1.29, 1.82) is 0 Å². The van der Waals surface area contributed by atoms with Crippen LogP contribution >= 0.6 is 0 Å². The predicted molar refractivity (Wildman–Crippen MR) is 51.9 cm³/mol. The summed E-state index contributed by atoms with van der Waals surface area (Å²) in [6.45, 7) is 8.39. The van der Waals surface area contributed by atoms with E-state index in [0.29, 0.717) is 6.54 Å². The van der Waals surface area contributed by atoms with Gasteiger partial charge in [0.1, 0.15) is 12.1 Å². The number of esters is 1. The van der Waals surface area contributed by atoms with Crippen LogP contribution in [0.1, 0.15) is 34.1 Å². The molecule has 2 N–H and O–H groups in total. The van der Waals surface area contributed by atoms with Crippen LogP contribution in [0.4, 0.5) is 0 Å². The predicted octanol–water partition coefficient (Wildman–Crippen LogP) is 0.914. The zero-order chi connectivity index (χ0) is 10.5. The molecule has 0 saturated carbocycles. The van der Waals surface area contributed by atoms with Crippen LogP contribution in [0, 0.1) is 0 Å². The number of ether oxygens (including phenoxy) is 1. The van der Waals surface area contributed by atoms with Gasteiger partial charge in [0.15, 0.2) is 0 Å². The SMILES string of the molecule is CCCN(N)CC(=O)OC(C)(C)C. The smallest absolute Gasteiger partial charge is 0.322 e. The first-order valence-electron chi connectivity index (χ1n) is 4.56. The van der Waals surface area contributed by atoms with E-state index >= 15 is 0 Å². The molecular formula is C9H20N2O2. The first kappa shape index (κ1) is 12.4. The molecule has 0 spiro atoms. The van der Waals surface area contributed by atoms with E-state index in [9.17, 15) is 4.79 Å². The van der Waals surface area contributed by atoms with Gasteiger partial charge in [-0.1, -0.05) is 6.92 Å². The summed E-state index contributed by atoms with van der Waals surface area (Å²) in [7, 11) is 0. The van der Waals surface area contributed by atoms with Gasteiger partial charge < -0.3 is 4.74 Å². The highest BCUT2D eigenvalue weighted by Crippen LogP contribution is 2.06. The van der Waals surface area contributed by atoms with E-state index in [1.165, 1.54) is 5.01 Å². The molecule has 0 aliphatic heterocycles. The largest absolute Gasteiger partial charge is 0.459 e. The van der Waals surface area contributed by atoms with E-state index in [1.807, 2.05) is 27.7 Å². The van der Waals surface area contributed by atoms with E-state index in [-0.39, 0.29) is 12.5 Å². The number of hydrazine groups is 1. The van der Waals surface area contributed by atoms with Crippen LogP contribution in [0.3, 0.4) is 0 Å². The average Bonchev–Trinajstić information content (AvgIpc) is 1.81. The Bertz CT molecular complexity index is 163. The van der Waals surface area contributed by atoms with Gasteiger partial charge >= 0.3 is 5.97 Å². The molecule has 0 aliphatic rings. The molecule has 13 heavy (non-hydrogen) atoms. The first-order valence-corrected chi connectivity index (χ1v) is 4.56. The Kier molecular flexibility index (Phi) is 4.95. The van der Waals surface area contributed by atoms with E-state index in [1.54, 1.807) is 0 Å². The van der Waals surface area contributed by atoms with E-state index in [2.05, 4.69) is 0 Å². The van der Waals surface area contributed by atoms with Crippen molar-refractivity contribution >= 4 is 5.97 Å². The van der Waals surface area contributed by atoms with Gasteiger partial charge in [-0.2, -0.15) is 0 Å². The van der Waals surface area contributed by atoms with E-state index < -0.39 is 5.60 Å². The highest BCUT2D eigenvalue weighted by molar-refractivity contribution is 5.72. The molecule has 0 aromatic carbocycles. The van der Waals surface area contributed by atoms with Crippen LogP contribution < -0.4 is 5.84 Å². The third-order valence-corrected chi connectivity index (χ3v) is 1.26. The van der Waals surface area contributed by atoms with Crippen LogP contribution in [0.15, 0.2) is 0 Å². The summed E-state index contributed by atoms with van der Waals surface area (Å²) in [6.07, 6.45) is 0.930. The van der Waals surface area contributed by atoms with Crippen molar-refractivity contribution in [2.75, 3.05) is 13.1 Å². The number of carbonyl (C=O) groups is 1. The lowest BCUT2D eigenvalue weighted by atomic mass is 10.2. The summed E-state index contributed by atoms with van der Waals surface area (Å²) in [5.41, 5.74) is -0.426. The Labute approximate surface area is 80.0 Å². The molecule has 0 atom stereocenters. The second-order valence-electron chi connectivity index (χ2n) is 4.06. The van der Waals surface area contributed by atoms with Gasteiger partial charge in [0.2, 0.25) is 0 Å². The molecule has 0 aromatic heterocycles. The summed E-state index contributed by atoms with van der Waals surface area (Å²) >= 11 is 0. The number of nitrogens with zero attached hydrogens (tertiary/aromatic N) is 1. The number of hydrogen-bond donors (Lipinski definition) is 1. The first-order chi connectivity index (χ1) is 5.85. The Morgan fingerprint density at radius 1 is 1.46 bits per heavy atom. The second kappa shape index (κ2) is 5.19. The molecule has 0 rings (SSSR count). The van der Waals surface area contributed by atoms with Gasteiger partial charge in [0.25, 0.3) is 0 Å². The molecule has 0 amide bonds.